The Morgan fingerprint density at radius 2 is 2.25 bits per heavy atom. The number of ether oxygens (including phenoxy) is 1. The van der Waals surface area contributed by atoms with Crippen LogP contribution >= 0.6 is 11.8 Å². The van der Waals surface area contributed by atoms with Gasteiger partial charge in [-0.3, -0.25) is 0 Å². The van der Waals surface area contributed by atoms with Gasteiger partial charge in [-0.1, -0.05) is 11.8 Å². The van der Waals surface area contributed by atoms with Crippen LogP contribution in [-0.2, 0) is 0 Å². The molecule has 0 unspecified atom stereocenters. The average molecular weight is 289 g/mol. The molecule has 1 heterocycles. The first kappa shape index (κ1) is 14.7. The van der Waals surface area contributed by atoms with E-state index < -0.39 is 0 Å². The van der Waals surface area contributed by atoms with Crippen LogP contribution in [-0.4, -0.2) is 22.8 Å². The second kappa shape index (κ2) is 6.19. The molecule has 0 aliphatic heterocycles. The highest BCUT2D eigenvalue weighted by atomic mass is 32.2. The minimum absolute atomic E-state index is 0.234. The molecule has 1 aromatic heterocycles. The van der Waals surface area contributed by atoms with E-state index in [1.54, 1.807) is 18.9 Å². The minimum Gasteiger partial charge on any atom is -0.497 e. The molecule has 4 nitrogen and oxygen atoms in total. The third kappa shape index (κ3) is 3.67. The van der Waals surface area contributed by atoms with Gasteiger partial charge >= 0.3 is 0 Å². The highest BCUT2D eigenvalue weighted by Crippen LogP contribution is 2.26. The highest BCUT2D eigenvalue weighted by molar-refractivity contribution is 7.99. The lowest BCUT2D eigenvalue weighted by Gasteiger charge is -2.13. The zero-order valence-corrected chi connectivity index (χ0v) is 12.9. The molecule has 0 saturated carbocycles. The molecule has 0 aliphatic carbocycles. The number of rotatable bonds is 6. The van der Waals surface area contributed by atoms with E-state index in [0.717, 1.165) is 40.5 Å². The van der Waals surface area contributed by atoms with E-state index in [1.165, 1.54) is 0 Å². The quantitative estimate of drug-likeness (QED) is 0.645. The average Bonchev–Trinajstić information content (AvgIpc) is 2.85. The van der Waals surface area contributed by atoms with Crippen molar-refractivity contribution < 1.29 is 4.74 Å². The normalized spacial score (nSPS) is 11.5. The number of imidazole rings is 1. The number of aromatic amines is 1. The summed E-state index contributed by atoms with van der Waals surface area (Å²) in [6.45, 7) is 3.95. The number of hydrogen-bond acceptors (Lipinski definition) is 4. The van der Waals surface area contributed by atoms with Crippen molar-refractivity contribution in [3.8, 4) is 11.8 Å². The van der Waals surface area contributed by atoms with Crippen molar-refractivity contribution >= 4 is 22.8 Å². The van der Waals surface area contributed by atoms with Crippen LogP contribution in [0.1, 0.15) is 26.7 Å². The Morgan fingerprint density at radius 3 is 2.95 bits per heavy atom. The van der Waals surface area contributed by atoms with Crippen LogP contribution in [0.3, 0.4) is 0 Å². The predicted octanol–water partition coefficient (Wildman–Crippen LogP) is 3.99. The first-order valence-electron chi connectivity index (χ1n) is 6.62. The van der Waals surface area contributed by atoms with Crippen molar-refractivity contribution in [2.45, 2.75) is 31.8 Å². The third-order valence-electron chi connectivity index (χ3n) is 3.15. The van der Waals surface area contributed by atoms with Gasteiger partial charge in [-0.15, -0.1) is 0 Å². The summed E-state index contributed by atoms with van der Waals surface area (Å²) in [5, 5.41) is 9.89. The summed E-state index contributed by atoms with van der Waals surface area (Å²) in [5.41, 5.74) is 1.71. The molecule has 20 heavy (non-hydrogen) atoms. The van der Waals surface area contributed by atoms with E-state index in [0.29, 0.717) is 0 Å². The lowest BCUT2D eigenvalue weighted by atomic mass is 9.90. The Balaban J connectivity index is 1.92. The molecule has 1 aromatic carbocycles. The van der Waals surface area contributed by atoms with Crippen molar-refractivity contribution in [3.05, 3.63) is 18.2 Å². The molecule has 0 atom stereocenters. The number of thioether (sulfide) groups is 1. The predicted molar refractivity (Wildman–Crippen MR) is 82.0 cm³/mol. The standard InChI is InChI=1S/C15H19N3OS/c1-15(2,10-16)7-4-8-20-14-17-12-6-5-11(19-3)9-13(12)18-14/h5-6,9H,4,7-8H2,1-3H3,(H,17,18). The van der Waals surface area contributed by atoms with Gasteiger partial charge < -0.3 is 9.72 Å². The molecule has 5 heteroatoms. The van der Waals surface area contributed by atoms with E-state index in [2.05, 4.69) is 16.0 Å². The fourth-order valence-electron chi connectivity index (χ4n) is 1.90. The van der Waals surface area contributed by atoms with Gasteiger partial charge in [-0.25, -0.2) is 4.98 Å². The van der Waals surface area contributed by atoms with Crippen LogP contribution in [0.4, 0.5) is 0 Å². The first-order valence-corrected chi connectivity index (χ1v) is 7.60. The maximum atomic E-state index is 8.97. The summed E-state index contributed by atoms with van der Waals surface area (Å²) in [5.74, 6) is 1.79. The SMILES string of the molecule is COc1ccc2nc(SCCCC(C)(C)C#N)[nH]c2c1. The Kier molecular flexibility index (Phi) is 4.56. The first-order chi connectivity index (χ1) is 9.54. The van der Waals surface area contributed by atoms with E-state index >= 15 is 0 Å². The van der Waals surface area contributed by atoms with Crippen molar-refractivity contribution in [2.75, 3.05) is 12.9 Å². The number of fused-ring (bicyclic) bond motifs is 1. The van der Waals surface area contributed by atoms with Crippen molar-refractivity contribution in [1.82, 2.24) is 9.97 Å². The molecule has 0 aliphatic rings. The number of nitriles is 1. The minimum atomic E-state index is -0.234. The summed E-state index contributed by atoms with van der Waals surface area (Å²) in [4.78, 5) is 7.82. The van der Waals surface area contributed by atoms with E-state index in [9.17, 15) is 0 Å². The maximum absolute atomic E-state index is 8.97. The van der Waals surface area contributed by atoms with Gasteiger partial charge in [0.1, 0.15) is 5.75 Å². The van der Waals surface area contributed by atoms with Gasteiger partial charge in [-0.05, 0) is 38.8 Å². The number of methoxy groups -OCH3 is 1. The van der Waals surface area contributed by atoms with Gasteiger partial charge in [0.25, 0.3) is 0 Å². The zero-order chi connectivity index (χ0) is 14.6. The van der Waals surface area contributed by atoms with E-state index in [-0.39, 0.29) is 5.41 Å². The van der Waals surface area contributed by atoms with Crippen LogP contribution < -0.4 is 4.74 Å². The van der Waals surface area contributed by atoms with Gasteiger partial charge in [0, 0.05) is 11.8 Å². The molecule has 0 amide bonds. The molecule has 0 bridgehead atoms. The Bertz CT molecular complexity index is 628. The summed E-state index contributed by atoms with van der Waals surface area (Å²) < 4.78 is 5.19. The molecule has 106 valence electrons. The second-order valence-electron chi connectivity index (χ2n) is 5.37. The largest absolute Gasteiger partial charge is 0.497 e. The molecular formula is C15H19N3OS. The molecule has 0 fully saturated rings. The number of hydrogen-bond donors (Lipinski definition) is 1. The fraction of sp³-hybridized carbons (Fsp3) is 0.467. The molecule has 0 spiro atoms. The summed E-state index contributed by atoms with van der Waals surface area (Å²) in [6.07, 6.45) is 1.91. The molecule has 1 N–H and O–H groups in total. The van der Waals surface area contributed by atoms with E-state index in [1.807, 2.05) is 32.0 Å². The van der Waals surface area contributed by atoms with Crippen molar-refractivity contribution in [3.63, 3.8) is 0 Å². The highest BCUT2D eigenvalue weighted by Gasteiger charge is 2.15. The number of aromatic nitrogens is 2. The maximum Gasteiger partial charge on any atom is 0.166 e. The van der Waals surface area contributed by atoms with Crippen LogP contribution in [0.5, 0.6) is 5.75 Å². The summed E-state index contributed by atoms with van der Waals surface area (Å²) >= 11 is 1.69. The van der Waals surface area contributed by atoms with Crippen LogP contribution in [0.2, 0.25) is 0 Å². The summed E-state index contributed by atoms with van der Waals surface area (Å²) in [7, 11) is 1.66. The Hall–Kier alpha value is -1.67. The van der Waals surface area contributed by atoms with Gasteiger partial charge in [-0.2, -0.15) is 5.26 Å². The number of benzene rings is 1. The van der Waals surface area contributed by atoms with Gasteiger partial charge in [0.2, 0.25) is 0 Å². The van der Waals surface area contributed by atoms with Crippen LogP contribution in [0.25, 0.3) is 11.0 Å². The van der Waals surface area contributed by atoms with Crippen LogP contribution in [0, 0.1) is 16.7 Å². The van der Waals surface area contributed by atoms with Crippen molar-refractivity contribution in [1.29, 1.82) is 5.26 Å². The lowest BCUT2D eigenvalue weighted by molar-refractivity contribution is 0.415. The Labute approximate surface area is 123 Å². The third-order valence-corrected chi connectivity index (χ3v) is 4.11. The summed E-state index contributed by atoms with van der Waals surface area (Å²) in [6, 6.07) is 8.14. The number of nitrogens with one attached hydrogen (secondary N) is 1. The number of nitrogens with zero attached hydrogens (tertiary/aromatic N) is 2. The molecule has 0 saturated heterocycles. The number of H-pyrrole nitrogens is 1. The smallest absolute Gasteiger partial charge is 0.166 e. The topological polar surface area (TPSA) is 61.7 Å². The van der Waals surface area contributed by atoms with Gasteiger partial charge in [0.05, 0.1) is 29.6 Å². The molecule has 2 rings (SSSR count). The van der Waals surface area contributed by atoms with Crippen molar-refractivity contribution in [2.24, 2.45) is 5.41 Å². The monoisotopic (exact) mass is 289 g/mol. The molecular weight excluding hydrogens is 270 g/mol. The molecule has 2 aromatic rings. The van der Waals surface area contributed by atoms with Crippen LogP contribution in [0.15, 0.2) is 23.4 Å². The molecule has 0 radical (unpaired) electrons. The van der Waals surface area contributed by atoms with Gasteiger partial charge in [0.15, 0.2) is 5.16 Å². The zero-order valence-electron chi connectivity index (χ0n) is 12.1. The second-order valence-corrected chi connectivity index (χ2v) is 6.46. The van der Waals surface area contributed by atoms with E-state index in [4.69, 9.17) is 10.00 Å². The lowest BCUT2D eigenvalue weighted by Crippen LogP contribution is -2.07. The fourth-order valence-corrected chi connectivity index (χ4v) is 2.73. The Morgan fingerprint density at radius 1 is 1.45 bits per heavy atom.